The number of amides is 1. The Hall–Kier alpha value is -1.12. The molecule has 1 aromatic rings. The van der Waals surface area contributed by atoms with Crippen molar-refractivity contribution in [3.63, 3.8) is 0 Å². The Balaban J connectivity index is 1.65. The number of carbonyl (C=O) groups is 2. The zero-order valence-electron chi connectivity index (χ0n) is 13.6. The number of thiophene rings is 1. The molecule has 1 saturated carbocycles. The molecule has 1 atom stereocenters. The van der Waals surface area contributed by atoms with Crippen LogP contribution in [0.2, 0.25) is 4.34 Å². The first kappa shape index (κ1) is 18.7. The molecule has 1 saturated heterocycles. The number of hydrogen-bond donors (Lipinski definition) is 0. The van der Waals surface area contributed by atoms with Gasteiger partial charge in [-0.05, 0) is 31.4 Å². The Bertz CT molecular complexity index is 754. The molecule has 2 fully saturated rings. The maximum absolute atomic E-state index is 12.7. The Morgan fingerprint density at radius 3 is 2.48 bits per heavy atom. The molecule has 0 spiro atoms. The van der Waals surface area contributed by atoms with Crippen molar-refractivity contribution in [3.8, 4) is 0 Å². The van der Waals surface area contributed by atoms with E-state index in [1.807, 2.05) is 0 Å². The summed E-state index contributed by atoms with van der Waals surface area (Å²) < 4.78 is 29.2. The normalized spacial score (nSPS) is 22.8. The van der Waals surface area contributed by atoms with Crippen LogP contribution in [0.25, 0.3) is 0 Å². The second-order valence-electron chi connectivity index (χ2n) is 6.48. The topological polar surface area (TPSA) is 80.8 Å². The number of nitrogens with zero attached hydrogens (tertiary/aromatic N) is 1. The van der Waals surface area contributed by atoms with Gasteiger partial charge in [0.05, 0.1) is 15.8 Å². The molecule has 1 amide bonds. The lowest BCUT2D eigenvalue weighted by Crippen LogP contribution is -2.48. The van der Waals surface area contributed by atoms with Crippen molar-refractivity contribution in [1.29, 1.82) is 0 Å². The largest absolute Gasteiger partial charge is 0.451 e. The third kappa shape index (κ3) is 4.54. The van der Waals surface area contributed by atoms with Crippen molar-refractivity contribution in [2.75, 3.05) is 18.1 Å². The van der Waals surface area contributed by atoms with Crippen LogP contribution in [-0.4, -0.2) is 55.4 Å². The van der Waals surface area contributed by atoms with Gasteiger partial charge in [-0.1, -0.05) is 24.4 Å². The molecule has 9 heteroatoms. The molecule has 0 N–H and O–H groups in total. The van der Waals surface area contributed by atoms with E-state index < -0.39 is 15.8 Å². The van der Waals surface area contributed by atoms with E-state index in [2.05, 4.69) is 0 Å². The van der Waals surface area contributed by atoms with E-state index in [1.54, 1.807) is 17.0 Å². The Labute approximate surface area is 156 Å². The van der Waals surface area contributed by atoms with Gasteiger partial charge in [-0.3, -0.25) is 4.79 Å². The van der Waals surface area contributed by atoms with Gasteiger partial charge < -0.3 is 9.64 Å². The summed E-state index contributed by atoms with van der Waals surface area (Å²) in [5, 5.41) is 0. The van der Waals surface area contributed by atoms with Crippen molar-refractivity contribution in [2.24, 2.45) is 0 Å². The van der Waals surface area contributed by atoms with E-state index >= 15 is 0 Å². The van der Waals surface area contributed by atoms with Gasteiger partial charge in [0.15, 0.2) is 16.4 Å². The summed E-state index contributed by atoms with van der Waals surface area (Å²) in [6, 6.07) is 2.88. The molecular formula is C16H20ClNO5S2. The fraction of sp³-hybridized carbons (Fsp3) is 0.625. The average molecular weight is 406 g/mol. The van der Waals surface area contributed by atoms with Crippen molar-refractivity contribution in [2.45, 2.75) is 44.2 Å². The third-order valence-electron chi connectivity index (χ3n) is 4.71. The Morgan fingerprint density at radius 2 is 1.92 bits per heavy atom. The summed E-state index contributed by atoms with van der Waals surface area (Å²) in [5.41, 5.74) is 0. The number of esters is 1. The number of halogens is 1. The lowest BCUT2D eigenvalue weighted by atomic mass is 10.1. The van der Waals surface area contributed by atoms with Crippen LogP contribution in [0.4, 0.5) is 0 Å². The summed E-state index contributed by atoms with van der Waals surface area (Å²) in [6.07, 6.45) is 4.26. The fourth-order valence-corrected chi connectivity index (χ4v) is 6.23. The molecule has 1 aliphatic heterocycles. The third-order valence-corrected chi connectivity index (χ3v) is 7.67. The standard InChI is InChI=1S/C16H20ClNO5S2/c17-14-6-5-13(24-14)16(20)23-9-15(19)18(11-3-1-2-4-11)12-7-8-25(21,22)10-12/h5-6,11-12H,1-4,7-10H2/t12-/m0/s1. The lowest BCUT2D eigenvalue weighted by Gasteiger charge is -2.33. The molecule has 2 heterocycles. The van der Waals surface area contributed by atoms with Gasteiger partial charge in [-0.25, -0.2) is 13.2 Å². The van der Waals surface area contributed by atoms with E-state index in [1.165, 1.54) is 0 Å². The maximum atomic E-state index is 12.7. The van der Waals surface area contributed by atoms with Gasteiger partial charge >= 0.3 is 5.97 Å². The summed E-state index contributed by atoms with van der Waals surface area (Å²) in [6.45, 7) is -0.374. The summed E-state index contributed by atoms with van der Waals surface area (Å²) in [7, 11) is -3.09. The first-order chi connectivity index (χ1) is 11.9. The van der Waals surface area contributed by atoms with Crippen molar-refractivity contribution in [1.82, 2.24) is 4.90 Å². The van der Waals surface area contributed by atoms with Crippen molar-refractivity contribution >= 4 is 44.7 Å². The minimum Gasteiger partial charge on any atom is -0.451 e. The average Bonchev–Trinajstić information content (AvgIpc) is 3.27. The summed E-state index contributed by atoms with van der Waals surface area (Å²) in [4.78, 5) is 26.7. The van der Waals surface area contributed by atoms with Crippen LogP contribution < -0.4 is 0 Å². The predicted octanol–water partition coefficient (Wildman–Crippen LogP) is 2.52. The molecule has 1 aliphatic carbocycles. The van der Waals surface area contributed by atoms with E-state index in [-0.39, 0.29) is 36.1 Å². The van der Waals surface area contributed by atoms with Gasteiger partial charge in [0.25, 0.3) is 5.91 Å². The minimum atomic E-state index is -3.09. The maximum Gasteiger partial charge on any atom is 0.348 e. The van der Waals surface area contributed by atoms with E-state index in [9.17, 15) is 18.0 Å². The second kappa shape index (κ2) is 7.63. The van der Waals surface area contributed by atoms with Crippen LogP contribution in [0.1, 0.15) is 41.8 Å². The first-order valence-electron chi connectivity index (χ1n) is 8.30. The second-order valence-corrected chi connectivity index (χ2v) is 10.4. The molecule has 0 unspecified atom stereocenters. The van der Waals surface area contributed by atoms with Crippen LogP contribution in [0.5, 0.6) is 0 Å². The highest BCUT2D eigenvalue weighted by atomic mass is 35.5. The minimum absolute atomic E-state index is 0.00369. The molecule has 2 aliphatic rings. The van der Waals surface area contributed by atoms with Crippen LogP contribution in [0, 0.1) is 0 Å². The number of sulfone groups is 1. The van der Waals surface area contributed by atoms with Crippen LogP contribution in [0.15, 0.2) is 12.1 Å². The monoisotopic (exact) mass is 405 g/mol. The summed E-state index contributed by atoms with van der Waals surface area (Å²) >= 11 is 6.89. The molecule has 0 bridgehead atoms. The highest BCUT2D eigenvalue weighted by Crippen LogP contribution is 2.29. The van der Waals surface area contributed by atoms with Crippen LogP contribution in [-0.2, 0) is 19.4 Å². The van der Waals surface area contributed by atoms with Gasteiger partial charge in [0.2, 0.25) is 0 Å². The fourth-order valence-electron chi connectivity index (χ4n) is 3.58. The quantitative estimate of drug-likeness (QED) is 0.703. The SMILES string of the molecule is O=C(OCC(=O)N(C1CCCC1)[C@H]1CCS(=O)(=O)C1)c1ccc(Cl)s1. The first-order valence-corrected chi connectivity index (χ1v) is 11.3. The smallest absolute Gasteiger partial charge is 0.348 e. The molecule has 3 rings (SSSR count). The number of hydrogen-bond acceptors (Lipinski definition) is 6. The Morgan fingerprint density at radius 1 is 1.20 bits per heavy atom. The highest BCUT2D eigenvalue weighted by Gasteiger charge is 2.39. The van der Waals surface area contributed by atoms with Crippen molar-refractivity contribution in [3.05, 3.63) is 21.3 Å². The summed E-state index contributed by atoms with van der Waals surface area (Å²) in [5.74, 6) is -0.786. The van der Waals surface area contributed by atoms with Gasteiger partial charge in [0, 0.05) is 12.1 Å². The van der Waals surface area contributed by atoms with Crippen LogP contribution in [0.3, 0.4) is 0 Å². The van der Waals surface area contributed by atoms with Gasteiger partial charge in [-0.15, -0.1) is 11.3 Å². The molecule has 1 aromatic heterocycles. The lowest BCUT2D eigenvalue weighted by molar-refractivity contribution is -0.139. The van der Waals surface area contributed by atoms with Crippen molar-refractivity contribution < 1.29 is 22.7 Å². The molecule has 25 heavy (non-hydrogen) atoms. The van der Waals surface area contributed by atoms with E-state index in [0.29, 0.717) is 15.6 Å². The Kier molecular flexibility index (Phi) is 5.70. The van der Waals surface area contributed by atoms with Crippen LogP contribution >= 0.6 is 22.9 Å². The van der Waals surface area contributed by atoms with E-state index in [4.69, 9.17) is 16.3 Å². The predicted molar refractivity (Wildman–Crippen MR) is 95.8 cm³/mol. The highest BCUT2D eigenvalue weighted by molar-refractivity contribution is 7.91. The molecule has 138 valence electrons. The molecule has 0 aromatic carbocycles. The van der Waals surface area contributed by atoms with Gasteiger partial charge in [-0.2, -0.15) is 0 Å². The molecule has 0 radical (unpaired) electrons. The number of rotatable bonds is 5. The molecule has 6 nitrogen and oxygen atoms in total. The van der Waals surface area contributed by atoms with Gasteiger partial charge in [0.1, 0.15) is 4.88 Å². The molecular weight excluding hydrogens is 386 g/mol. The van der Waals surface area contributed by atoms with E-state index in [0.717, 1.165) is 37.0 Å². The zero-order chi connectivity index (χ0) is 18.0. The number of carbonyl (C=O) groups excluding carboxylic acids is 2. The zero-order valence-corrected chi connectivity index (χ0v) is 16.0. The number of ether oxygens (including phenoxy) is 1.